The van der Waals surface area contributed by atoms with Crippen molar-refractivity contribution in [3.8, 4) is 11.5 Å². The number of aromatic hydroxyl groups is 2. The van der Waals surface area contributed by atoms with Gasteiger partial charge in [-0.2, -0.15) is 8.42 Å². The van der Waals surface area contributed by atoms with E-state index in [-0.39, 0.29) is 56.3 Å². The Hall–Kier alpha value is -3.22. The number of aliphatic carboxylic acids is 2. The Morgan fingerprint density at radius 2 is 1.16 bits per heavy atom. The van der Waals surface area contributed by atoms with E-state index >= 15 is 0 Å². The number of phenols is 2. The van der Waals surface area contributed by atoms with Crippen molar-refractivity contribution in [3.05, 3.63) is 23.8 Å². The maximum absolute atomic E-state index is 10.9. The lowest BCUT2D eigenvalue weighted by molar-refractivity contribution is -0.155. The van der Waals surface area contributed by atoms with E-state index in [0.717, 1.165) is 43.9 Å². The molecule has 2 atom stereocenters. The number of unbranched alkanes of at least 4 members (excludes halogenated alkanes) is 2. The third-order valence-corrected chi connectivity index (χ3v) is 8.31. The first-order chi connectivity index (χ1) is 25.6. The van der Waals surface area contributed by atoms with Gasteiger partial charge in [0.15, 0.2) is 0 Å². The zero-order valence-electron chi connectivity index (χ0n) is 32.0. The summed E-state index contributed by atoms with van der Waals surface area (Å²) in [6.45, 7) is 6.56. The molecule has 0 saturated heterocycles. The molecule has 0 amide bonds. The second-order valence-corrected chi connectivity index (χ2v) is 14.3. The number of phenolic OH excluding ortho intramolecular Hbond substituents is 2. The summed E-state index contributed by atoms with van der Waals surface area (Å²) >= 11 is 0. The Morgan fingerprint density at radius 1 is 0.745 bits per heavy atom. The van der Waals surface area contributed by atoms with Gasteiger partial charge in [-0.3, -0.25) is 19.0 Å². The summed E-state index contributed by atoms with van der Waals surface area (Å²) in [6.07, 6.45) is 2.45. The summed E-state index contributed by atoms with van der Waals surface area (Å²) in [5.41, 5.74) is -2.87. The summed E-state index contributed by atoms with van der Waals surface area (Å²) in [6, 6.07) is 3.18. The number of nitrogens with zero attached hydrogens (tertiary/aromatic N) is 1. The van der Waals surface area contributed by atoms with Crippen LogP contribution in [-0.2, 0) is 29.2 Å². The monoisotopic (exact) mass is 821 g/mol. The fourth-order valence-electron chi connectivity index (χ4n) is 3.60. The third-order valence-electron chi connectivity index (χ3n) is 7.61. The van der Waals surface area contributed by atoms with Gasteiger partial charge in [0, 0.05) is 38.9 Å². The van der Waals surface area contributed by atoms with Crippen molar-refractivity contribution >= 4 is 28.0 Å². The number of benzene rings is 1. The molecule has 55 heavy (non-hydrogen) atoms. The van der Waals surface area contributed by atoms with Gasteiger partial charge < -0.3 is 65.6 Å². The van der Waals surface area contributed by atoms with E-state index in [0.29, 0.717) is 13.2 Å². The second kappa shape index (κ2) is 30.9. The molecule has 21 heteroatoms. The molecule has 0 fully saturated rings. The molecular weight excluding hydrogens is 758 g/mol. The highest BCUT2D eigenvalue weighted by molar-refractivity contribution is 7.85. The van der Waals surface area contributed by atoms with Gasteiger partial charge in [-0.1, -0.05) is 33.6 Å². The van der Waals surface area contributed by atoms with E-state index in [1.807, 2.05) is 13.8 Å². The molecule has 0 aromatic heterocycles. The number of carboxylic acids is 3. The maximum atomic E-state index is 10.9. The average molecular weight is 822 g/mol. The molecule has 12 N–H and O–H groups in total. The van der Waals surface area contributed by atoms with Crippen molar-refractivity contribution in [1.29, 1.82) is 0 Å². The average Bonchev–Trinajstić information content (AvgIpc) is 3.11. The molecule has 1 rings (SSSR count). The van der Waals surface area contributed by atoms with Crippen LogP contribution in [0, 0.1) is 10.8 Å². The van der Waals surface area contributed by atoms with Gasteiger partial charge in [0.05, 0.1) is 63.2 Å². The molecule has 0 aliphatic carbocycles. The predicted molar refractivity (Wildman–Crippen MR) is 197 cm³/mol. The van der Waals surface area contributed by atoms with E-state index in [4.69, 9.17) is 60.0 Å². The van der Waals surface area contributed by atoms with Gasteiger partial charge in [-0.05, 0) is 38.3 Å². The lowest BCUT2D eigenvalue weighted by Gasteiger charge is -2.26. The number of ether oxygens (including phenoxy) is 2. The van der Waals surface area contributed by atoms with Crippen molar-refractivity contribution in [2.75, 3.05) is 78.2 Å². The largest absolute Gasteiger partial charge is 0.508 e. The Labute approximate surface area is 322 Å². The van der Waals surface area contributed by atoms with Crippen molar-refractivity contribution in [3.63, 3.8) is 0 Å². The molecule has 2 unspecified atom stereocenters. The first-order valence-electron chi connectivity index (χ1n) is 17.4. The lowest BCUT2D eigenvalue weighted by atomic mass is 9.87. The van der Waals surface area contributed by atoms with Crippen LogP contribution in [0.25, 0.3) is 0 Å². The molecule has 0 aliphatic heterocycles. The molecule has 324 valence electrons. The van der Waals surface area contributed by atoms with Gasteiger partial charge in [0.25, 0.3) is 10.1 Å². The molecule has 1 aromatic carbocycles. The van der Waals surface area contributed by atoms with E-state index in [1.54, 1.807) is 11.8 Å². The fraction of sp³-hybridized carbons (Fsp3) is 0.735. The van der Waals surface area contributed by atoms with Crippen LogP contribution in [0.5, 0.6) is 11.5 Å². The van der Waals surface area contributed by atoms with Gasteiger partial charge in [-0.25, -0.2) is 4.79 Å². The summed E-state index contributed by atoms with van der Waals surface area (Å²) in [5.74, 6) is -4.51. The van der Waals surface area contributed by atoms with E-state index < -0.39 is 83.2 Å². The van der Waals surface area contributed by atoms with E-state index in [9.17, 15) is 33.0 Å². The van der Waals surface area contributed by atoms with Crippen molar-refractivity contribution < 1.29 is 93.0 Å². The molecule has 0 radical (unpaired) electrons. The molecule has 0 spiro atoms. The van der Waals surface area contributed by atoms with Crippen LogP contribution in [0.3, 0.4) is 0 Å². The minimum absolute atomic E-state index is 0.0108. The summed E-state index contributed by atoms with van der Waals surface area (Å²) in [5, 5.41) is 96.9. The van der Waals surface area contributed by atoms with Crippen LogP contribution in [0.2, 0.25) is 0 Å². The minimum atomic E-state index is -4.11. The fourth-order valence-corrected chi connectivity index (χ4v) is 4.09. The Bertz CT molecular complexity index is 1240. The molecule has 0 heterocycles. The number of hydrogen-bond donors (Lipinski definition) is 12. The Balaban J connectivity index is -0.000000740. The zero-order valence-corrected chi connectivity index (χ0v) is 32.8. The molecule has 0 aliphatic rings. The highest BCUT2D eigenvalue weighted by atomic mass is 32.2. The smallest absolute Gasteiger partial charge is 0.335 e. The van der Waals surface area contributed by atoms with Crippen LogP contribution in [0.1, 0.15) is 70.2 Å². The molecular formula is C34H63NO19S. The number of rotatable bonds is 25. The number of carbonyl (C=O) groups is 3. The molecule has 0 bridgehead atoms. The molecule has 1 aromatic rings. The second-order valence-electron chi connectivity index (χ2n) is 12.7. The minimum Gasteiger partial charge on any atom is -0.508 e. The quantitative estimate of drug-likeness (QED) is 0.0450. The molecule has 20 nitrogen and oxygen atoms in total. The number of hydrogen-bond acceptors (Lipinski definition) is 16. The molecule has 0 saturated carbocycles. The van der Waals surface area contributed by atoms with Gasteiger partial charge in [-0.15, -0.1) is 0 Å². The zero-order chi connectivity index (χ0) is 43.3. The van der Waals surface area contributed by atoms with E-state index in [2.05, 4.69) is 0 Å². The van der Waals surface area contributed by atoms with Crippen LogP contribution in [0.4, 0.5) is 0 Å². The highest BCUT2D eigenvalue weighted by Crippen LogP contribution is 2.21. The standard InChI is InChI=1S/C16H35NO7S.C7H6O4.C6H12O4.C5H10O4/c1-3-5-8-23-13-15(18)11-17(7-10-25(20,21)22)12-16(19)14-24-9-6-4-2;8-5-1-4(7(10)11)2-6(9)3-5;1-2-6(3-7,4-8)5(9)10;1-5(2-6,3-7)4(8)9/h15-16,18-19H,3-14H2,1-2H3,(H,20,21,22);1-3,8-9H,(H,10,11);7-8H,2-4H2,1H3,(H,9,10);6-7H,2-3H2,1H3,(H,8,9). The number of carboxylic acid groups (broad SMARTS) is 3. The number of aromatic carboxylic acids is 1. The first-order valence-corrected chi connectivity index (χ1v) is 19.0. The van der Waals surface area contributed by atoms with Crippen LogP contribution in [-0.4, -0.2) is 182 Å². The summed E-state index contributed by atoms with van der Waals surface area (Å²) in [7, 11) is -4.11. The van der Waals surface area contributed by atoms with Crippen LogP contribution >= 0.6 is 0 Å². The number of aliphatic hydroxyl groups excluding tert-OH is 6. The van der Waals surface area contributed by atoms with Gasteiger partial charge in [0.1, 0.15) is 22.3 Å². The van der Waals surface area contributed by atoms with Crippen LogP contribution in [0.15, 0.2) is 18.2 Å². The predicted octanol–water partition coefficient (Wildman–Crippen LogP) is -0.159. The lowest BCUT2D eigenvalue weighted by Crippen LogP contribution is -2.43. The SMILES string of the molecule is CC(CO)(CO)C(=O)O.CCC(CO)(CO)C(=O)O.CCCCOCC(O)CN(CCS(=O)(=O)O)CC(O)COCCCC.O=C(O)c1cc(O)cc(O)c1. The highest BCUT2D eigenvalue weighted by Gasteiger charge is 2.35. The van der Waals surface area contributed by atoms with Crippen molar-refractivity contribution in [2.45, 2.75) is 72.0 Å². The van der Waals surface area contributed by atoms with Gasteiger partial charge in [0.2, 0.25) is 0 Å². The summed E-state index contributed by atoms with van der Waals surface area (Å²) in [4.78, 5) is 32.4. The Kier molecular flexibility index (Phi) is 31.6. The maximum Gasteiger partial charge on any atom is 0.335 e. The number of aliphatic hydroxyl groups is 6. The normalized spacial score (nSPS) is 12.6. The topological polar surface area (TPSA) is 350 Å². The third kappa shape index (κ3) is 27.9. The van der Waals surface area contributed by atoms with E-state index in [1.165, 1.54) is 6.92 Å². The van der Waals surface area contributed by atoms with Crippen LogP contribution < -0.4 is 0 Å². The van der Waals surface area contributed by atoms with Gasteiger partial charge >= 0.3 is 17.9 Å². The Morgan fingerprint density at radius 3 is 1.40 bits per heavy atom. The van der Waals surface area contributed by atoms with Crippen molar-refractivity contribution in [2.24, 2.45) is 10.8 Å². The van der Waals surface area contributed by atoms with Crippen molar-refractivity contribution in [1.82, 2.24) is 4.90 Å². The summed E-state index contributed by atoms with van der Waals surface area (Å²) < 4.78 is 41.5. The first kappa shape index (κ1) is 56.1.